The van der Waals surface area contributed by atoms with Crippen molar-refractivity contribution in [1.82, 2.24) is 4.72 Å². The Morgan fingerprint density at radius 1 is 1.14 bits per heavy atom. The Bertz CT molecular complexity index is 542. The molecule has 1 aliphatic rings. The molecule has 1 saturated carbocycles. The fourth-order valence-electron chi connectivity index (χ4n) is 2.79. The van der Waals surface area contributed by atoms with E-state index in [-0.39, 0.29) is 11.4 Å². The van der Waals surface area contributed by atoms with Gasteiger partial charge in [-0.25, -0.2) is 13.1 Å². The number of sulfonamides is 1. The molecule has 0 radical (unpaired) electrons. The topological polar surface area (TPSA) is 46.2 Å². The van der Waals surface area contributed by atoms with E-state index in [2.05, 4.69) is 11.6 Å². The standard InChI is InChI=1S/C16H24ClNO2S/c1-2-6-13-9-11-14(12-10-13)21(19,20)18-16-8-5-3-4-7-15(16)17/h9-12,15-16,18H,2-8H2,1H3. The highest BCUT2D eigenvalue weighted by Crippen LogP contribution is 2.24. The van der Waals surface area contributed by atoms with Crippen LogP contribution in [0.3, 0.4) is 0 Å². The largest absolute Gasteiger partial charge is 0.240 e. The van der Waals surface area contributed by atoms with Gasteiger partial charge in [0.25, 0.3) is 0 Å². The molecule has 0 aliphatic heterocycles. The summed E-state index contributed by atoms with van der Waals surface area (Å²) in [6, 6.07) is 7.00. The molecule has 2 atom stereocenters. The SMILES string of the molecule is CCCc1ccc(S(=O)(=O)NC2CCCCCC2Cl)cc1. The van der Waals surface area contributed by atoms with Crippen LogP contribution in [0.25, 0.3) is 0 Å². The Kier molecular flexibility index (Phi) is 6.08. The molecule has 118 valence electrons. The Balaban J connectivity index is 2.09. The van der Waals surface area contributed by atoms with Gasteiger partial charge in [-0.05, 0) is 37.0 Å². The lowest BCUT2D eigenvalue weighted by Gasteiger charge is -2.21. The van der Waals surface area contributed by atoms with E-state index in [1.165, 1.54) is 5.56 Å². The molecule has 2 rings (SSSR count). The van der Waals surface area contributed by atoms with Crippen molar-refractivity contribution < 1.29 is 8.42 Å². The number of aryl methyl sites for hydroxylation is 1. The molecule has 0 saturated heterocycles. The second-order valence-electron chi connectivity index (χ2n) is 5.78. The maximum Gasteiger partial charge on any atom is 0.240 e. The number of halogens is 1. The molecule has 0 heterocycles. The van der Waals surface area contributed by atoms with Gasteiger partial charge in [0.2, 0.25) is 10.0 Å². The van der Waals surface area contributed by atoms with Crippen LogP contribution in [0.2, 0.25) is 0 Å². The number of hydrogen-bond acceptors (Lipinski definition) is 2. The van der Waals surface area contributed by atoms with Gasteiger partial charge in [-0.1, -0.05) is 44.7 Å². The van der Waals surface area contributed by atoms with Crippen LogP contribution in [-0.4, -0.2) is 19.8 Å². The van der Waals surface area contributed by atoms with Crippen molar-refractivity contribution in [2.75, 3.05) is 0 Å². The van der Waals surface area contributed by atoms with Gasteiger partial charge in [-0.15, -0.1) is 11.6 Å². The summed E-state index contributed by atoms with van der Waals surface area (Å²) in [4.78, 5) is 0.329. The normalized spacial score (nSPS) is 23.7. The number of benzene rings is 1. The van der Waals surface area contributed by atoms with Crippen LogP contribution in [0.5, 0.6) is 0 Å². The van der Waals surface area contributed by atoms with Crippen molar-refractivity contribution in [3.63, 3.8) is 0 Å². The lowest BCUT2D eigenvalue weighted by molar-refractivity contribution is 0.514. The summed E-state index contributed by atoms with van der Waals surface area (Å²) in [6.07, 6.45) is 6.98. The molecule has 21 heavy (non-hydrogen) atoms. The predicted molar refractivity (Wildman–Crippen MR) is 87.3 cm³/mol. The summed E-state index contributed by atoms with van der Waals surface area (Å²) in [7, 11) is -3.48. The van der Waals surface area contributed by atoms with Gasteiger partial charge in [0, 0.05) is 11.4 Å². The van der Waals surface area contributed by atoms with Gasteiger partial charge < -0.3 is 0 Å². The average molecular weight is 330 g/mol. The molecule has 1 aromatic carbocycles. The van der Waals surface area contributed by atoms with Crippen molar-refractivity contribution in [2.45, 2.75) is 68.2 Å². The maximum absolute atomic E-state index is 12.5. The van der Waals surface area contributed by atoms with Crippen molar-refractivity contribution in [1.29, 1.82) is 0 Å². The van der Waals surface area contributed by atoms with E-state index in [1.807, 2.05) is 12.1 Å². The van der Waals surface area contributed by atoms with E-state index in [1.54, 1.807) is 12.1 Å². The smallest absolute Gasteiger partial charge is 0.207 e. The molecular weight excluding hydrogens is 306 g/mol. The van der Waals surface area contributed by atoms with Gasteiger partial charge >= 0.3 is 0 Å². The van der Waals surface area contributed by atoms with Gasteiger partial charge in [0.1, 0.15) is 0 Å². The first-order chi connectivity index (χ1) is 10.0. The van der Waals surface area contributed by atoms with Gasteiger partial charge in [0.05, 0.1) is 4.90 Å². The van der Waals surface area contributed by atoms with Gasteiger partial charge in [-0.2, -0.15) is 0 Å². The molecule has 3 nitrogen and oxygen atoms in total. The summed E-state index contributed by atoms with van der Waals surface area (Å²) in [5.41, 5.74) is 1.17. The Labute approximate surface area is 133 Å². The fourth-order valence-corrected chi connectivity index (χ4v) is 4.52. The lowest BCUT2D eigenvalue weighted by atomic mass is 10.1. The average Bonchev–Trinajstić information content (AvgIpc) is 2.65. The van der Waals surface area contributed by atoms with Crippen molar-refractivity contribution in [3.8, 4) is 0 Å². The van der Waals surface area contributed by atoms with Crippen LogP contribution in [0, 0.1) is 0 Å². The van der Waals surface area contributed by atoms with Crippen LogP contribution in [0.1, 0.15) is 51.0 Å². The molecule has 0 bridgehead atoms. The zero-order chi connectivity index (χ0) is 15.3. The van der Waals surface area contributed by atoms with Crippen molar-refractivity contribution in [3.05, 3.63) is 29.8 Å². The van der Waals surface area contributed by atoms with E-state index in [0.717, 1.165) is 44.9 Å². The van der Waals surface area contributed by atoms with Crippen LogP contribution in [-0.2, 0) is 16.4 Å². The molecule has 0 amide bonds. The minimum Gasteiger partial charge on any atom is -0.207 e. The number of alkyl halides is 1. The monoisotopic (exact) mass is 329 g/mol. The highest BCUT2D eigenvalue weighted by Gasteiger charge is 2.27. The highest BCUT2D eigenvalue weighted by atomic mass is 35.5. The predicted octanol–water partition coefficient (Wildman–Crippen LogP) is 3.86. The van der Waals surface area contributed by atoms with Crippen molar-refractivity contribution in [2.24, 2.45) is 0 Å². The summed E-state index contributed by atoms with van der Waals surface area (Å²) >= 11 is 6.32. The molecule has 1 fully saturated rings. The van der Waals surface area contributed by atoms with E-state index < -0.39 is 10.0 Å². The third-order valence-electron chi connectivity index (χ3n) is 4.01. The van der Waals surface area contributed by atoms with E-state index in [9.17, 15) is 8.42 Å². The molecule has 1 aromatic rings. The van der Waals surface area contributed by atoms with Crippen LogP contribution < -0.4 is 4.72 Å². The zero-order valence-electron chi connectivity index (χ0n) is 12.5. The molecular formula is C16H24ClNO2S. The summed E-state index contributed by atoms with van der Waals surface area (Å²) < 4.78 is 27.7. The van der Waals surface area contributed by atoms with E-state index >= 15 is 0 Å². The first kappa shape index (κ1) is 16.8. The lowest BCUT2D eigenvalue weighted by Crippen LogP contribution is -2.40. The van der Waals surface area contributed by atoms with Crippen LogP contribution >= 0.6 is 11.6 Å². The first-order valence-electron chi connectivity index (χ1n) is 7.78. The summed E-state index contributed by atoms with van der Waals surface area (Å²) in [5, 5.41) is -0.110. The summed E-state index contributed by atoms with van der Waals surface area (Å²) in [6.45, 7) is 2.11. The Hall–Kier alpha value is -0.580. The number of nitrogens with one attached hydrogen (secondary N) is 1. The highest BCUT2D eigenvalue weighted by molar-refractivity contribution is 7.89. The minimum absolute atomic E-state index is 0.110. The second kappa shape index (κ2) is 7.61. The van der Waals surface area contributed by atoms with Gasteiger partial charge in [0.15, 0.2) is 0 Å². The third kappa shape index (κ3) is 4.70. The Morgan fingerprint density at radius 3 is 2.48 bits per heavy atom. The van der Waals surface area contributed by atoms with Gasteiger partial charge in [-0.3, -0.25) is 0 Å². The third-order valence-corrected chi connectivity index (χ3v) is 6.04. The van der Waals surface area contributed by atoms with Crippen LogP contribution in [0.15, 0.2) is 29.2 Å². The number of rotatable bonds is 5. The summed E-state index contributed by atoms with van der Waals surface area (Å²) in [5.74, 6) is 0. The molecule has 1 N–H and O–H groups in total. The first-order valence-corrected chi connectivity index (χ1v) is 9.70. The van der Waals surface area contributed by atoms with E-state index in [0.29, 0.717) is 4.90 Å². The quantitative estimate of drug-likeness (QED) is 0.658. The van der Waals surface area contributed by atoms with Crippen LogP contribution in [0.4, 0.5) is 0 Å². The molecule has 5 heteroatoms. The Morgan fingerprint density at radius 2 is 1.81 bits per heavy atom. The second-order valence-corrected chi connectivity index (χ2v) is 8.05. The fraction of sp³-hybridized carbons (Fsp3) is 0.625. The zero-order valence-corrected chi connectivity index (χ0v) is 14.1. The number of hydrogen-bond donors (Lipinski definition) is 1. The molecule has 0 spiro atoms. The molecule has 2 unspecified atom stereocenters. The molecule has 0 aromatic heterocycles. The molecule has 1 aliphatic carbocycles. The van der Waals surface area contributed by atoms with E-state index in [4.69, 9.17) is 11.6 Å². The minimum atomic E-state index is -3.48. The van der Waals surface area contributed by atoms with Crippen molar-refractivity contribution >= 4 is 21.6 Å². The maximum atomic E-state index is 12.5.